The number of aromatic nitrogens is 5. The fraction of sp³-hybridized carbons (Fsp3) is 0.280. The van der Waals surface area contributed by atoms with Gasteiger partial charge in [0.05, 0.1) is 29.1 Å². The largest absolute Gasteiger partial charge is 0.414 e. The van der Waals surface area contributed by atoms with E-state index in [4.69, 9.17) is 10.2 Å². The van der Waals surface area contributed by atoms with E-state index in [1.54, 1.807) is 18.5 Å². The molecule has 0 radical (unpaired) electrons. The number of pyridine rings is 1. The lowest BCUT2D eigenvalue weighted by atomic mass is 9.90. The first-order chi connectivity index (χ1) is 16.9. The van der Waals surface area contributed by atoms with Crippen LogP contribution < -0.4 is 16.4 Å². The Morgan fingerprint density at radius 2 is 1.86 bits per heavy atom. The predicted octanol–water partition coefficient (Wildman–Crippen LogP) is 2.87. The molecule has 4 heterocycles. The van der Waals surface area contributed by atoms with Crippen LogP contribution in [0.25, 0.3) is 34.3 Å². The van der Waals surface area contributed by atoms with Gasteiger partial charge in [0.25, 0.3) is 5.89 Å². The first-order valence-corrected chi connectivity index (χ1v) is 11.3. The van der Waals surface area contributed by atoms with Crippen LogP contribution in [0, 0.1) is 11.3 Å². The number of benzene rings is 1. The quantitative estimate of drug-likeness (QED) is 0.399. The number of hydrogen-bond donors (Lipinski definition) is 3. The van der Waals surface area contributed by atoms with E-state index in [9.17, 15) is 5.26 Å². The minimum absolute atomic E-state index is 0.181. The van der Waals surface area contributed by atoms with Crippen LogP contribution in [0.15, 0.2) is 53.2 Å². The Kier molecular flexibility index (Phi) is 5.94. The van der Waals surface area contributed by atoms with Gasteiger partial charge in [0, 0.05) is 43.0 Å². The van der Waals surface area contributed by atoms with Crippen molar-refractivity contribution >= 4 is 5.82 Å². The molecule has 0 saturated carbocycles. The molecule has 0 bridgehead atoms. The fourth-order valence-corrected chi connectivity index (χ4v) is 3.87. The molecule has 1 aromatic carbocycles. The second kappa shape index (κ2) is 9.21. The molecule has 3 aromatic heterocycles. The lowest BCUT2D eigenvalue weighted by molar-refractivity contribution is 0.430. The molecule has 35 heavy (non-hydrogen) atoms. The molecule has 0 amide bonds. The highest BCUT2D eigenvalue weighted by molar-refractivity contribution is 5.69. The third-order valence-electron chi connectivity index (χ3n) is 6.00. The number of nitrogens with zero attached hydrogens (tertiary/aromatic N) is 6. The molecular weight excluding hydrogens is 442 g/mol. The second-order valence-electron chi connectivity index (χ2n) is 8.90. The minimum Gasteiger partial charge on any atom is -0.414 e. The Bertz CT molecular complexity index is 1380. The summed E-state index contributed by atoms with van der Waals surface area (Å²) in [5, 5.41) is 24.7. The highest BCUT2D eigenvalue weighted by atomic mass is 16.4. The van der Waals surface area contributed by atoms with Gasteiger partial charge in [-0.1, -0.05) is 12.1 Å². The van der Waals surface area contributed by atoms with Gasteiger partial charge in [-0.25, -0.2) is 9.97 Å². The Labute approximate surface area is 202 Å². The summed E-state index contributed by atoms with van der Waals surface area (Å²) in [6.45, 7) is 6.44. The van der Waals surface area contributed by atoms with Crippen molar-refractivity contribution < 1.29 is 4.42 Å². The molecule has 5 rings (SSSR count). The van der Waals surface area contributed by atoms with E-state index < -0.39 is 5.41 Å². The summed E-state index contributed by atoms with van der Waals surface area (Å²) in [6.07, 6.45) is 3.22. The normalized spacial score (nSPS) is 16.1. The van der Waals surface area contributed by atoms with Crippen molar-refractivity contribution in [3.63, 3.8) is 0 Å². The molecule has 4 aromatic rings. The van der Waals surface area contributed by atoms with E-state index >= 15 is 0 Å². The standard InChI is InChI=1S/C25H25N9O/c1-25(2,14-26)20-11-17(7-8-30-20)19-13-31-22(27)21(32-19)24-34-33-23(35-24)16-5-3-15(4-6-16)18-12-28-9-10-29-18/h3-8,11,13,18,28-29H,9-10,12H2,1-2H3,(H2,27,31). The number of rotatable bonds is 5. The van der Waals surface area contributed by atoms with Crippen molar-refractivity contribution in [2.24, 2.45) is 0 Å². The number of piperazine rings is 1. The molecule has 1 aliphatic rings. The van der Waals surface area contributed by atoms with E-state index in [0.29, 0.717) is 23.0 Å². The number of nitriles is 1. The van der Waals surface area contributed by atoms with Gasteiger partial charge in [0.2, 0.25) is 5.89 Å². The summed E-state index contributed by atoms with van der Waals surface area (Å²) < 4.78 is 5.92. The molecule has 1 fully saturated rings. The number of nitrogen functional groups attached to an aromatic ring is 1. The van der Waals surface area contributed by atoms with Crippen LogP contribution in [0.2, 0.25) is 0 Å². The topological polar surface area (TPSA) is 151 Å². The monoisotopic (exact) mass is 467 g/mol. The van der Waals surface area contributed by atoms with Gasteiger partial charge in [0.15, 0.2) is 11.5 Å². The van der Waals surface area contributed by atoms with Crippen molar-refractivity contribution in [1.29, 1.82) is 5.26 Å². The maximum Gasteiger partial charge on any atom is 0.270 e. The average Bonchev–Trinajstić information content (AvgIpc) is 3.40. The zero-order valence-corrected chi connectivity index (χ0v) is 19.5. The van der Waals surface area contributed by atoms with Crippen molar-refractivity contribution in [2.45, 2.75) is 25.3 Å². The van der Waals surface area contributed by atoms with Crippen LogP contribution in [0.3, 0.4) is 0 Å². The predicted molar refractivity (Wildman–Crippen MR) is 131 cm³/mol. The first kappa shape index (κ1) is 22.6. The molecule has 10 nitrogen and oxygen atoms in total. The second-order valence-corrected chi connectivity index (χ2v) is 8.90. The maximum absolute atomic E-state index is 9.45. The summed E-state index contributed by atoms with van der Waals surface area (Å²) in [4.78, 5) is 13.2. The number of nitrogens with one attached hydrogen (secondary N) is 2. The number of hydrogen-bond acceptors (Lipinski definition) is 10. The molecular formula is C25H25N9O. The number of anilines is 1. The molecule has 176 valence electrons. The van der Waals surface area contributed by atoms with Gasteiger partial charge < -0.3 is 20.8 Å². The minimum atomic E-state index is -0.736. The fourth-order valence-electron chi connectivity index (χ4n) is 3.87. The van der Waals surface area contributed by atoms with Gasteiger partial charge >= 0.3 is 0 Å². The Hall–Kier alpha value is -4.20. The molecule has 0 spiro atoms. The molecule has 1 unspecified atom stereocenters. The lowest BCUT2D eigenvalue weighted by Gasteiger charge is -2.24. The maximum atomic E-state index is 9.45. The zero-order chi connectivity index (χ0) is 24.4. The molecule has 4 N–H and O–H groups in total. The third-order valence-corrected chi connectivity index (χ3v) is 6.00. The van der Waals surface area contributed by atoms with Gasteiger partial charge in [-0.05, 0) is 43.7 Å². The Morgan fingerprint density at radius 3 is 2.60 bits per heavy atom. The Morgan fingerprint density at radius 1 is 1.06 bits per heavy atom. The van der Waals surface area contributed by atoms with Crippen LogP contribution in [0.1, 0.15) is 31.1 Å². The van der Waals surface area contributed by atoms with E-state index in [1.165, 1.54) is 5.56 Å². The Balaban J connectivity index is 1.42. The van der Waals surface area contributed by atoms with Crippen LogP contribution in [0.5, 0.6) is 0 Å². The molecule has 0 aliphatic carbocycles. The van der Waals surface area contributed by atoms with E-state index in [2.05, 4.69) is 54.0 Å². The summed E-state index contributed by atoms with van der Waals surface area (Å²) in [6, 6.07) is 14.2. The van der Waals surface area contributed by atoms with Crippen molar-refractivity contribution in [3.8, 4) is 40.4 Å². The molecule has 1 atom stereocenters. The van der Waals surface area contributed by atoms with E-state index in [0.717, 1.165) is 30.8 Å². The van der Waals surface area contributed by atoms with Gasteiger partial charge in [-0.2, -0.15) is 5.26 Å². The van der Waals surface area contributed by atoms with Crippen molar-refractivity contribution in [2.75, 3.05) is 25.4 Å². The summed E-state index contributed by atoms with van der Waals surface area (Å²) >= 11 is 0. The molecule has 10 heteroatoms. The van der Waals surface area contributed by atoms with Crippen molar-refractivity contribution in [3.05, 3.63) is 60.0 Å². The van der Waals surface area contributed by atoms with Gasteiger partial charge in [-0.15, -0.1) is 10.2 Å². The summed E-state index contributed by atoms with van der Waals surface area (Å²) in [5.74, 6) is 0.734. The zero-order valence-electron chi connectivity index (χ0n) is 19.5. The van der Waals surface area contributed by atoms with E-state index in [-0.39, 0.29) is 17.8 Å². The molecule has 1 aliphatic heterocycles. The first-order valence-electron chi connectivity index (χ1n) is 11.3. The van der Waals surface area contributed by atoms with Crippen LogP contribution in [-0.4, -0.2) is 44.8 Å². The lowest BCUT2D eigenvalue weighted by Crippen LogP contribution is -2.42. The van der Waals surface area contributed by atoms with Crippen molar-refractivity contribution in [1.82, 2.24) is 35.8 Å². The van der Waals surface area contributed by atoms with Crippen LogP contribution >= 0.6 is 0 Å². The number of nitrogens with two attached hydrogens (primary N) is 1. The van der Waals surface area contributed by atoms with E-state index in [1.807, 2.05) is 32.0 Å². The average molecular weight is 468 g/mol. The summed E-state index contributed by atoms with van der Waals surface area (Å²) in [7, 11) is 0. The highest BCUT2D eigenvalue weighted by Gasteiger charge is 2.23. The van der Waals surface area contributed by atoms with Crippen LogP contribution in [0.4, 0.5) is 5.82 Å². The smallest absolute Gasteiger partial charge is 0.270 e. The van der Waals surface area contributed by atoms with Gasteiger partial charge in [0.1, 0.15) is 0 Å². The summed E-state index contributed by atoms with van der Waals surface area (Å²) in [5.41, 5.74) is 9.62. The SMILES string of the molecule is CC(C)(C#N)c1cc(-c2cnc(N)c(-c3nnc(-c4ccc(C5CNCCN5)cc4)o3)n2)ccn1. The molecule has 1 saturated heterocycles. The van der Waals surface area contributed by atoms with Crippen LogP contribution in [-0.2, 0) is 5.41 Å². The third kappa shape index (κ3) is 4.59. The highest BCUT2D eigenvalue weighted by Crippen LogP contribution is 2.30. The van der Waals surface area contributed by atoms with Gasteiger partial charge in [-0.3, -0.25) is 4.98 Å².